The normalized spacial score (nSPS) is 10.9. The van der Waals surface area contributed by atoms with Gasteiger partial charge >= 0.3 is 0 Å². The first kappa shape index (κ1) is 10.6. The molecular formula is C12H12N4O2. The first-order valence-corrected chi connectivity index (χ1v) is 5.53. The van der Waals surface area contributed by atoms with Crippen molar-refractivity contribution >= 4 is 22.8 Å². The maximum Gasteiger partial charge on any atom is 0.296 e. The van der Waals surface area contributed by atoms with Gasteiger partial charge in [-0.1, -0.05) is 5.16 Å². The first-order valence-electron chi connectivity index (χ1n) is 5.53. The zero-order valence-corrected chi connectivity index (χ0v) is 9.80. The number of aryl methyl sites for hydroxylation is 1. The van der Waals surface area contributed by atoms with Gasteiger partial charge in [-0.2, -0.15) is 4.98 Å². The molecule has 0 saturated heterocycles. The van der Waals surface area contributed by atoms with Crippen LogP contribution in [0.2, 0.25) is 0 Å². The second kappa shape index (κ2) is 4.06. The number of nitrogen functional groups attached to an aromatic ring is 1. The van der Waals surface area contributed by atoms with Crippen molar-refractivity contribution in [1.29, 1.82) is 0 Å². The minimum atomic E-state index is 0.435. The number of anilines is 2. The van der Waals surface area contributed by atoms with Crippen molar-refractivity contribution in [3.05, 3.63) is 35.7 Å². The van der Waals surface area contributed by atoms with E-state index in [1.165, 1.54) is 0 Å². The second-order valence-corrected chi connectivity index (χ2v) is 4.03. The molecule has 2 heterocycles. The molecule has 0 bridgehead atoms. The topological polar surface area (TPSA) is 90.1 Å². The molecule has 0 aliphatic carbocycles. The number of rotatable bonds is 3. The summed E-state index contributed by atoms with van der Waals surface area (Å²) in [6.45, 7) is 2.35. The smallest absolute Gasteiger partial charge is 0.296 e. The van der Waals surface area contributed by atoms with Crippen molar-refractivity contribution in [3.63, 3.8) is 0 Å². The Kier molecular flexibility index (Phi) is 2.40. The SMILES string of the molecule is Cc1cc(CNc2nc3ccc(N)cc3o2)on1. The molecule has 0 spiro atoms. The highest BCUT2D eigenvalue weighted by molar-refractivity contribution is 5.78. The Morgan fingerprint density at radius 3 is 3.00 bits per heavy atom. The standard InChI is InChI=1S/C12H12N4O2/c1-7-4-9(18-16-7)6-14-12-15-10-3-2-8(13)5-11(10)17-12/h2-5H,6,13H2,1H3,(H,14,15). The van der Waals surface area contributed by atoms with Gasteiger partial charge in [-0.15, -0.1) is 0 Å². The Balaban J connectivity index is 1.78. The lowest BCUT2D eigenvalue weighted by Crippen LogP contribution is -1.97. The Morgan fingerprint density at radius 1 is 1.33 bits per heavy atom. The van der Waals surface area contributed by atoms with Crippen molar-refractivity contribution in [1.82, 2.24) is 10.1 Å². The van der Waals surface area contributed by atoms with Crippen LogP contribution in [0.5, 0.6) is 0 Å². The molecule has 18 heavy (non-hydrogen) atoms. The van der Waals surface area contributed by atoms with Crippen LogP contribution < -0.4 is 11.1 Å². The molecule has 0 saturated carbocycles. The molecule has 0 aliphatic heterocycles. The third-order valence-corrected chi connectivity index (χ3v) is 2.50. The molecule has 92 valence electrons. The Bertz CT molecular complexity index is 686. The van der Waals surface area contributed by atoms with Gasteiger partial charge in [0.2, 0.25) is 0 Å². The van der Waals surface area contributed by atoms with Crippen molar-refractivity contribution in [2.45, 2.75) is 13.5 Å². The van der Waals surface area contributed by atoms with Gasteiger partial charge in [-0.3, -0.25) is 0 Å². The summed E-state index contributed by atoms with van der Waals surface area (Å²) in [5, 5.41) is 6.83. The van der Waals surface area contributed by atoms with Crippen LogP contribution in [0, 0.1) is 6.92 Å². The highest BCUT2D eigenvalue weighted by Crippen LogP contribution is 2.21. The van der Waals surface area contributed by atoms with Crippen LogP contribution >= 0.6 is 0 Å². The van der Waals surface area contributed by atoms with Crippen LogP contribution in [-0.2, 0) is 6.54 Å². The van der Waals surface area contributed by atoms with E-state index in [9.17, 15) is 0 Å². The largest absolute Gasteiger partial charge is 0.423 e. The predicted molar refractivity (Wildman–Crippen MR) is 67.0 cm³/mol. The van der Waals surface area contributed by atoms with Crippen molar-refractivity contribution in [3.8, 4) is 0 Å². The summed E-state index contributed by atoms with van der Waals surface area (Å²) < 4.78 is 10.6. The van der Waals surface area contributed by atoms with E-state index in [1.807, 2.05) is 19.1 Å². The minimum Gasteiger partial charge on any atom is -0.423 e. The van der Waals surface area contributed by atoms with Gasteiger partial charge in [0, 0.05) is 17.8 Å². The fourth-order valence-electron chi connectivity index (χ4n) is 1.68. The lowest BCUT2D eigenvalue weighted by Gasteiger charge is -1.95. The van der Waals surface area contributed by atoms with E-state index in [4.69, 9.17) is 14.7 Å². The molecule has 1 aromatic carbocycles. The summed E-state index contributed by atoms with van der Waals surface area (Å²) in [6.07, 6.45) is 0. The Morgan fingerprint density at radius 2 is 2.22 bits per heavy atom. The molecule has 6 nitrogen and oxygen atoms in total. The van der Waals surface area contributed by atoms with E-state index in [0.29, 0.717) is 23.8 Å². The minimum absolute atomic E-state index is 0.435. The summed E-state index contributed by atoms with van der Waals surface area (Å²) in [5.41, 5.74) is 8.59. The van der Waals surface area contributed by atoms with Gasteiger partial charge in [-0.25, -0.2) is 0 Å². The number of nitrogens with one attached hydrogen (secondary N) is 1. The van der Waals surface area contributed by atoms with Crippen LogP contribution in [-0.4, -0.2) is 10.1 Å². The van der Waals surface area contributed by atoms with E-state index in [1.54, 1.807) is 12.1 Å². The fraction of sp³-hybridized carbons (Fsp3) is 0.167. The molecule has 6 heteroatoms. The number of aromatic nitrogens is 2. The highest BCUT2D eigenvalue weighted by Gasteiger charge is 2.07. The quantitative estimate of drug-likeness (QED) is 0.687. The lowest BCUT2D eigenvalue weighted by molar-refractivity contribution is 0.383. The molecule has 0 amide bonds. The van der Waals surface area contributed by atoms with Gasteiger partial charge in [0.05, 0.1) is 12.2 Å². The molecular weight excluding hydrogens is 232 g/mol. The van der Waals surface area contributed by atoms with Gasteiger partial charge in [0.25, 0.3) is 6.01 Å². The summed E-state index contributed by atoms with van der Waals surface area (Å²) in [4.78, 5) is 4.28. The predicted octanol–water partition coefficient (Wildman–Crippen LogP) is 2.32. The maximum atomic E-state index is 5.67. The van der Waals surface area contributed by atoms with E-state index in [0.717, 1.165) is 17.0 Å². The second-order valence-electron chi connectivity index (χ2n) is 4.03. The number of nitrogens with two attached hydrogens (primary N) is 1. The molecule has 3 aromatic rings. The highest BCUT2D eigenvalue weighted by atomic mass is 16.5. The molecule has 0 aliphatic rings. The summed E-state index contributed by atoms with van der Waals surface area (Å²) in [5.74, 6) is 0.731. The average Bonchev–Trinajstić information content (AvgIpc) is 2.92. The lowest BCUT2D eigenvalue weighted by atomic mass is 10.3. The van der Waals surface area contributed by atoms with Crippen LogP contribution in [0.3, 0.4) is 0 Å². The monoisotopic (exact) mass is 244 g/mol. The third-order valence-electron chi connectivity index (χ3n) is 2.50. The van der Waals surface area contributed by atoms with Crippen molar-refractivity contribution in [2.24, 2.45) is 0 Å². The number of hydrogen-bond donors (Lipinski definition) is 2. The van der Waals surface area contributed by atoms with E-state index >= 15 is 0 Å². The number of nitrogens with zero attached hydrogens (tertiary/aromatic N) is 2. The van der Waals surface area contributed by atoms with Crippen molar-refractivity contribution in [2.75, 3.05) is 11.1 Å². The van der Waals surface area contributed by atoms with Crippen LogP contribution in [0.25, 0.3) is 11.1 Å². The molecule has 3 rings (SSSR count). The number of oxazole rings is 1. The van der Waals surface area contributed by atoms with Crippen LogP contribution in [0.15, 0.2) is 33.2 Å². The van der Waals surface area contributed by atoms with Gasteiger partial charge in [0.1, 0.15) is 5.52 Å². The molecule has 0 unspecified atom stereocenters. The van der Waals surface area contributed by atoms with Crippen molar-refractivity contribution < 1.29 is 8.94 Å². The number of benzene rings is 1. The summed E-state index contributed by atoms with van der Waals surface area (Å²) in [7, 11) is 0. The Labute approximate surface area is 103 Å². The molecule has 3 N–H and O–H groups in total. The van der Waals surface area contributed by atoms with E-state index in [2.05, 4.69) is 15.5 Å². The van der Waals surface area contributed by atoms with Gasteiger partial charge < -0.3 is 20.0 Å². The average molecular weight is 244 g/mol. The van der Waals surface area contributed by atoms with Gasteiger partial charge in [0.15, 0.2) is 11.3 Å². The maximum absolute atomic E-state index is 5.67. The molecule has 0 radical (unpaired) electrons. The molecule has 0 atom stereocenters. The summed E-state index contributed by atoms with van der Waals surface area (Å²) in [6, 6.07) is 7.64. The van der Waals surface area contributed by atoms with E-state index < -0.39 is 0 Å². The Hall–Kier alpha value is -2.50. The van der Waals surface area contributed by atoms with Crippen LogP contribution in [0.1, 0.15) is 11.5 Å². The first-order chi connectivity index (χ1) is 8.70. The third kappa shape index (κ3) is 2.00. The van der Waals surface area contributed by atoms with Gasteiger partial charge in [-0.05, 0) is 19.1 Å². The molecule has 0 fully saturated rings. The zero-order chi connectivity index (χ0) is 12.5. The fourth-order valence-corrected chi connectivity index (χ4v) is 1.68. The van der Waals surface area contributed by atoms with Crippen LogP contribution in [0.4, 0.5) is 11.7 Å². The zero-order valence-electron chi connectivity index (χ0n) is 9.80. The number of hydrogen-bond acceptors (Lipinski definition) is 6. The van der Waals surface area contributed by atoms with E-state index in [-0.39, 0.29) is 0 Å². The summed E-state index contributed by atoms with van der Waals surface area (Å²) >= 11 is 0. The molecule has 2 aromatic heterocycles. The number of fused-ring (bicyclic) bond motifs is 1.